The molecule has 0 saturated heterocycles. The molecule has 126 valence electrons. The monoisotopic (exact) mass is 323 g/mol. The van der Waals surface area contributed by atoms with E-state index in [2.05, 4.69) is 0 Å². The molecule has 0 spiro atoms. The fourth-order valence-corrected chi connectivity index (χ4v) is 1.97. The van der Waals surface area contributed by atoms with Gasteiger partial charge in [-0.25, -0.2) is 4.79 Å². The molecule has 0 aliphatic rings. The van der Waals surface area contributed by atoms with Gasteiger partial charge in [0.2, 0.25) is 0 Å². The maximum Gasteiger partial charge on any atom is 0.349 e. The van der Waals surface area contributed by atoms with Crippen molar-refractivity contribution in [1.82, 2.24) is 0 Å². The van der Waals surface area contributed by atoms with Crippen LogP contribution in [0.15, 0.2) is 66.2 Å². The Morgan fingerprint density at radius 2 is 1.21 bits per heavy atom. The Hall–Kier alpha value is -2.86. The van der Waals surface area contributed by atoms with Gasteiger partial charge in [0.1, 0.15) is 11.6 Å². The smallest absolute Gasteiger partial charge is 0.349 e. The van der Waals surface area contributed by atoms with Gasteiger partial charge < -0.3 is 4.74 Å². The van der Waals surface area contributed by atoms with E-state index in [-0.39, 0.29) is 5.57 Å². The van der Waals surface area contributed by atoms with Crippen LogP contribution in [0.4, 0.5) is 0 Å². The molecule has 2 aromatic rings. The standard InChI is InChI=1S/C17H13NO2.2C2H6/c1-20-17(19)15(12-18)16(13-8-4-2-5-9-13)14-10-6-3-7-11-14;2*1-2/h2-11H,1H3;2*1-2H3. The Bertz CT molecular complexity index is 626. The minimum atomic E-state index is -0.629. The van der Waals surface area contributed by atoms with Crippen LogP contribution in [0.2, 0.25) is 0 Å². The molecule has 0 N–H and O–H groups in total. The van der Waals surface area contributed by atoms with Gasteiger partial charge in [-0.3, -0.25) is 0 Å². The van der Waals surface area contributed by atoms with Gasteiger partial charge in [0.15, 0.2) is 0 Å². The summed E-state index contributed by atoms with van der Waals surface area (Å²) in [6, 6.07) is 20.6. The number of hydrogen-bond donors (Lipinski definition) is 0. The topological polar surface area (TPSA) is 50.1 Å². The molecule has 0 bridgehead atoms. The third-order valence-corrected chi connectivity index (χ3v) is 2.88. The molecule has 0 aliphatic heterocycles. The summed E-state index contributed by atoms with van der Waals surface area (Å²) in [7, 11) is 1.27. The van der Waals surface area contributed by atoms with Gasteiger partial charge in [0, 0.05) is 5.57 Å². The Kier molecular flexibility index (Phi) is 11.2. The number of benzene rings is 2. The first-order valence-corrected chi connectivity index (χ1v) is 8.11. The number of nitrogens with zero attached hydrogens (tertiary/aromatic N) is 1. The van der Waals surface area contributed by atoms with Crippen molar-refractivity contribution in [2.24, 2.45) is 0 Å². The molecule has 24 heavy (non-hydrogen) atoms. The molecule has 0 aliphatic carbocycles. The summed E-state index contributed by atoms with van der Waals surface area (Å²) in [6.07, 6.45) is 0. The second kappa shape index (κ2) is 12.7. The van der Waals surface area contributed by atoms with Gasteiger partial charge in [0.05, 0.1) is 7.11 Å². The number of ether oxygens (including phenoxy) is 1. The zero-order valence-corrected chi connectivity index (χ0v) is 15.0. The molecule has 3 nitrogen and oxygen atoms in total. The van der Waals surface area contributed by atoms with Crippen LogP contribution in [-0.4, -0.2) is 13.1 Å². The average molecular weight is 323 g/mol. The highest BCUT2D eigenvalue weighted by Gasteiger charge is 2.18. The van der Waals surface area contributed by atoms with Crippen molar-refractivity contribution >= 4 is 11.5 Å². The number of carbonyl (C=O) groups excluding carboxylic acids is 1. The Balaban J connectivity index is 0.00000123. The molecule has 0 atom stereocenters. The van der Waals surface area contributed by atoms with Gasteiger partial charge in [0.25, 0.3) is 0 Å². The van der Waals surface area contributed by atoms with Gasteiger partial charge in [-0.05, 0) is 11.1 Å². The Morgan fingerprint density at radius 1 is 0.833 bits per heavy atom. The average Bonchev–Trinajstić information content (AvgIpc) is 2.70. The van der Waals surface area contributed by atoms with Crippen LogP contribution in [0, 0.1) is 11.3 Å². The van der Waals surface area contributed by atoms with E-state index in [1.54, 1.807) is 0 Å². The molecule has 0 unspecified atom stereocenters. The lowest BCUT2D eigenvalue weighted by Gasteiger charge is -2.10. The molecule has 2 aromatic carbocycles. The first kappa shape index (κ1) is 21.1. The third kappa shape index (κ3) is 5.73. The SMILES string of the molecule is CC.CC.COC(=O)C(C#N)=C(c1ccccc1)c1ccccc1. The second-order valence-electron chi connectivity index (χ2n) is 4.09. The first-order chi connectivity index (χ1) is 11.8. The summed E-state index contributed by atoms with van der Waals surface area (Å²) in [4.78, 5) is 11.8. The van der Waals surface area contributed by atoms with Crippen LogP contribution < -0.4 is 0 Å². The molecule has 3 heteroatoms. The van der Waals surface area contributed by atoms with Gasteiger partial charge in [-0.15, -0.1) is 0 Å². The van der Waals surface area contributed by atoms with E-state index >= 15 is 0 Å². The zero-order chi connectivity index (χ0) is 18.4. The van der Waals surface area contributed by atoms with E-state index in [1.165, 1.54) is 7.11 Å². The fourth-order valence-electron chi connectivity index (χ4n) is 1.97. The van der Waals surface area contributed by atoms with Crippen LogP contribution in [0.3, 0.4) is 0 Å². The van der Waals surface area contributed by atoms with Crippen LogP contribution in [-0.2, 0) is 9.53 Å². The molecule has 0 heterocycles. The minimum Gasteiger partial charge on any atom is -0.465 e. The summed E-state index contributed by atoms with van der Waals surface area (Å²) in [6.45, 7) is 8.00. The highest BCUT2D eigenvalue weighted by atomic mass is 16.5. The van der Waals surface area contributed by atoms with E-state index < -0.39 is 5.97 Å². The van der Waals surface area contributed by atoms with Crippen LogP contribution in [0.25, 0.3) is 5.57 Å². The first-order valence-electron chi connectivity index (χ1n) is 8.11. The van der Waals surface area contributed by atoms with Gasteiger partial charge in [-0.2, -0.15) is 5.26 Å². The van der Waals surface area contributed by atoms with Crippen LogP contribution >= 0.6 is 0 Å². The maximum atomic E-state index is 11.8. The number of rotatable bonds is 3. The van der Waals surface area contributed by atoms with E-state index in [4.69, 9.17) is 4.74 Å². The molecular weight excluding hydrogens is 298 g/mol. The van der Waals surface area contributed by atoms with Crippen molar-refractivity contribution in [3.05, 3.63) is 77.4 Å². The van der Waals surface area contributed by atoms with Crippen molar-refractivity contribution in [1.29, 1.82) is 5.26 Å². The molecular formula is C21H25NO2. The number of nitriles is 1. The van der Waals surface area contributed by atoms with Crippen molar-refractivity contribution in [3.63, 3.8) is 0 Å². The minimum absolute atomic E-state index is 0.00454. The molecule has 2 rings (SSSR count). The van der Waals surface area contributed by atoms with Crippen molar-refractivity contribution in [3.8, 4) is 6.07 Å². The third-order valence-electron chi connectivity index (χ3n) is 2.88. The number of esters is 1. The number of carbonyl (C=O) groups is 1. The second-order valence-corrected chi connectivity index (χ2v) is 4.09. The highest BCUT2D eigenvalue weighted by molar-refractivity contribution is 6.05. The van der Waals surface area contributed by atoms with E-state index in [1.807, 2.05) is 94.4 Å². The quantitative estimate of drug-likeness (QED) is 0.441. The summed E-state index contributed by atoms with van der Waals surface area (Å²) >= 11 is 0. The zero-order valence-electron chi connectivity index (χ0n) is 15.0. The molecule has 0 aromatic heterocycles. The molecule has 0 fully saturated rings. The maximum absolute atomic E-state index is 11.8. The summed E-state index contributed by atoms with van der Waals surface area (Å²) in [5.74, 6) is -0.629. The lowest BCUT2D eigenvalue weighted by Crippen LogP contribution is -2.07. The van der Waals surface area contributed by atoms with Gasteiger partial charge >= 0.3 is 5.97 Å². The molecule has 0 saturated carbocycles. The Labute approximate surface area is 145 Å². The van der Waals surface area contributed by atoms with Crippen molar-refractivity contribution < 1.29 is 9.53 Å². The van der Waals surface area contributed by atoms with Crippen molar-refractivity contribution in [2.75, 3.05) is 7.11 Å². The number of methoxy groups -OCH3 is 1. The summed E-state index contributed by atoms with van der Waals surface area (Å²) < 4.78 is 4.71. The normalized spacial score (nSPS) is 8.33. The number of hydrogen-bond acceptors (Lipinski definition) is 3. The van der Waals surface area contributed by atoms with Gasteiger partial charge in [-0.1, -0.05) is 88.4 Å². The molecule has 0 amide bonds. The van der Waals surface area contributed by atoms with Crippen molar-refractivity contribution in [2.45, 2.75) is 27.7 Å². The summed E-state index contributed by atoms with van der Waals surface area (Å²) in [5, 5.41) is 9.31. The largest absolute Gasteiger partial charge is 0.465 e. The van der Waals surface area contributed by atoms with E-state index in [0.717, 1.165) is 11.1 Å². The lowest BCUT2D eigenvalue weighted by molar-refractivity contribution is -0.135. The molecule has 0 radical (unpaired) electrons. The van der Waals surface area contributed by atoms with Crippen LogP contribution in [0.1, 0.15) is 38.8 Å². The predicted molar refractivity (Wildman–Crippen MR) is 99.2 cm³/mol. The van der Waals surface area contributed by atoms with E-state index in [0.29, 0.717) is 5.57 Å². The highest BCUT2D eigenvalue weighted by Crippen LogP contribution is 2.27. The van der Waals surface area contributed by atoms with Crippen LogP contribution in [0.5, 0.6) is 0 Å². The van der Waals surface area contributed by atoms with E-state index in [9.17, 15) is 10.1 Å². The lowest BCUT2D eigenvalue weighted by atomic mass is 9.93. The predicted octanol–water partition coefficient (Wildman–Crippen LogP) is 5.24. The summed E-state index contributed by atoms with van der Waals surface area (Å²) in [5.41, 5.74) is 2.20. The fraction of sp³-hybridized carbons (Fsp3) is 0.238. The Morgan fingerprint density at radius 3 is 1.50 bits per heavy atom.